The molecule has 1 heterocycles. The van der Waals surface area contributed by atoms with Crippen LogP contribution in [0.4, 0.5) is 0 Å². The van der Waals surface area contributed by atoms with Gasteiger partial charge in [-0.15, -0.1) is 0 Å². The van der Waals surface area contributed by atoms with Crippen LogP contribution in [0.5, 0.6) is 0 Å². The molecule has 0 radical (unpaired) electrons. The Balaban J connectivity index is 1.96. The fraction of sp³-hybridized carbons (Fsp3) is 0.583. The zero-order valence-corrected chi connectivity index (χ0v) is 9.43. The number of methoxy groups -OCH3 is 1. The molecule has 3 aliphatic rings. The van der Waals surface area contributed by atoms with Crippen LogP contribution in [0.3, 0.4) is 0 Å². The minimum Gasteiger partial charge on any atom is -0.469 e. The van der Waals surface area contributed by atoms with Gasteiger partial charge in [-0.05, 0) is 12.3 Å². The molecule has 2 amide bonds. The highest BCUT2D eigenvalue weighted by atomic mass is 16.5. The van der Waals surface area contributed by atoms with E-state index in [0.717, 1.165) is 0 Å². The summed E-state index contributed by atoms with van der Waals surface area (Å²) in [5.74, 6) is -1.34. The third-order valence-electron chi connectivity index (χ3n) is 4.26. The van der Waals surface area contributed by atoms with Crippen molar-refractivity contribution in [3.8, 4) is 0 Å². The van der Waals surface area contributed by atoms with Gasteiger partial charge in [0.2, 0.25) is 11.8 Å². The first-order valence-electron chi connectivity index (χ1n) is 5.68. The van der Waals surface area contributed by atoms with E-state index in [-0.39, 0.29) is 42.0 Å². The number of amides is 2. The van der Waals surface area contributed by atoms with Crippen molar-refractivity contribution in [2.75, 3.05) is 7.11 Å². The average Bonchev–Trinajstić information content (AvgIpc) is 2.90. The normalized spacial score (nSPS) is 41.6. The lowest BCUT2D eigenvalue weighted by molar-refractivity contribution is -0.143. The second kappa shape index (κ2) is 3.18. The van der Waals surface area contributed by atoms with Gasteiger partial charge in [-0.25, -0.2) is 0 Å². The van der Waals surface area contributed by atoms with Crippen molar-refractivity contribution in [1.29, 1.82) is 0 Å². The first-order chi connectivity index (χ1) is 8.07. The average molecular weight is 235 g/mol. The van der Waals surface area contributed by atoms with Crippen LogP contribution in [0.25, 0.3) is 0 Å². The van der Waals surface area contributed by atoms with E-state index in [2.05, 4.69) is 10.1 Å². The number of hydrogen-bond acceptors (Lipinski definition) is 4. The van der Waals surface area contributed by atoms with Crippen molar-refractivity contribution < 1.29 is 19.1 Å². The van der Waals surface area contributed by atoms with E-state index in [1.54, 1.807) is 0 Å². The predicted molar refractivity (Wildman–Crippen MR) is 56.4 cm³/mol. The van der Waals surface area contributed by atoms with E-state index in [0.29, 0.717) is 6.42 Å². The monoisotopic (exact) mass is 235 g/mol. The van der Waals surface area contributed by atoms with E-state index in [9.17, 15) is 14.4 Å². The quantitative estimate of drug-likeness (QED) is 0.416. The van der Waals surface area contributed by atoms with Crippen LogP contribution in [0.2, 0.25) is 0 Å². The molecule has 1 N–H and O–H groups in total. The second-order valence-electron chi connectivity index (χ2n) is 5.07. The van der Waals surface area contributed by atoms with Crippen molar-refractivity contribution in [1.82, 2.24) is 5.32 Å². The summed E-state index contributed by atoms with van der Waals surface area (Å²) in [6, 6.07) is 0. The number of carbonyl (C=O) groups is 3. The molecule has 1 aliphatic heterocycles. The number of esters is 1. The van der Waals surface area contributed by atoms with Gasteiger partial charge in [-0.2, -0.15) is 0 Å². The number of rotatable bonds is 2. The van der Waals surface area contributed by atoms with Gasteiger partial charge in [0.25, 0.3) is 0 Å². The van der Waals surface area contributed by atoms with E-state index < -0.39 is 5.41 Å². The van der Waals surface area contributed by atoms with Gasteiger partial charge in [0.1, 0.15) is 0 Å². The maximum Gasteiger partial charge on any atom is 0.306 e. The second-order valence-corrected chi connectivity index (χ2v) is 5.07. The molecule has 1 saturated heterocycles. The summed E-state index contributed by atoms with van der Waals surface area (Å²) in [5, 5.41) is 2.37. The van der Waals surface area contributed by atoms with Gasteiger partial charge in [-0.1, -0.05) is 12.2 Å². The van der Waals surface area contributed by atoms with Crippen LogP contribution in [-0.2, 0) is 19.1 Å². The molecule has 2 fully saturated rings. The number of hydrogen-bond donors (Lipinski definition) is 1. The molecule has 2 bridgehead atoms. The van der Waals surface area contributed by atoms with E-state index in [4.69, 9.17) is 0 Å². The molecule has 90 valence electrons. The number of imide groups is 1. The van der Waals surface area contributed by atoms with Gasteiger partial charge >= 0.3 is 5.97 Å². The van der Waals surface area contributed by atoms with E-state index >= 15 is 0 Å². The van der Waals surface area contributed by atoms with Gasteiger partial charge in [-0.3, -0.25) is 19.7 Å². The van der Waals surface area contributed by atoms with E-state index in [1.807, 2.05) is 12.2 Å². The molecule has 0 aromatic rings. The summed E-state index contributed by atoms with van der Waals surface area (Å²) in [6.45, 7) is 0. The van der Waals surface area contributed by atoms with Crippen LogP contribution >= 0.6 is 0 Å². The lowest BCUT2D eigenvalue weighted by Crippen LogP contribution is -2.34. The van der Waals surface area contributed by atoms with Crippen molar-refractivity contribution in [2.45, 2.75) is 12.8 Å². The van der Waals surface area contributed by atoms with Crippen molar-refractivity contribution in [3.63, 3.8) is 0 Å². The predicted octanol–water partition coefficient (Wildman–Crippen LogP) is 0.0144. The lowest BCUT2D eigenvalue weighted by atomic mass is 9.72. The summed E-state index contributed by atoms with van der Waals surface area (Å²) in [6.07, 6.45) is 4.77. The highest BCUT2D eigenvalue weighted by molar-refractivity contribution is 6.07. The Hall–Kier alpha value is -1.65. The van der Waals surface area contributed by atoms with Crippen molar-refractivity contribution in [2.24, 2.45) is 23.2 Å². The zero-order valence-electron chi connectivity index (χ0n) is 9.43. The highest BCUT2D eigenvalue weighted by Crippen LogP contribution is 2.60. The summed E-state index contributed by atoms with van der Waals surface area (Å²) >= 11 is 0. The molecule has 1 saturated carbocycles. The van der Waals surface area contributed by atoms with Crippen LogP contribution in [0.15, 0.2) is 12.2 Å². The smallest absolute Gasteiger partial charge is 0.306 e. The Morgan fingerprint density at radius 1 is 1.53 bits per heavy atom. The molecule has 0 spiro atoms. The molecule has 17 heavy (non-hydrogen) atoms. The molecule has 0 unspecified atom stereocenters. The molecule has 3 rings (SSSR count). The van der Waals surface area contributed by atoms with Crippen LogP contribution in [0.1, 0.15) is 12.8 Å². The Morgan fingerprint density at radius 2 is 2.29 bits per heavy atom. The Kier molecular flexibility index (Phi) is 1.97. The number of carbonyl (C=O) groups excluding carboxylic acids is 3. The first-order valence-corrected chi connectivity index (χ1v) is 5.68. The topological polar surface area (TPSA) is 72.5 Å². The number of nitrogens with one attached hydrogen (secondary N) is 1. The lowest BCUT2D eigenvalue weighted by Gasteiger charge is -2.28. The Morgan fingerprint density at radius 3 is 3.00 bits per heavy atom. The minimum absolute atomic E-state index is 0.0936. The summed E-state index contributed by atoms with van der Waals surface area (Å²) in [4.78, 5) is 34.9. The molecular weight excluding hydrogens is 222 g/mol. The summed E-state index contributed by atoms with van der Waals surface area (Å²) in [5.41, 5.74) is -0.501. The third kappa shape index (κ3) is 1.22. The minimum atomic E-state index is -0.501. The zero-order chi connectivity index (χ0) is 12.2. The SMILES string of the molecule is COC(=O)C[C@@]12C=C[C@@H](C1)[C@@H]1C(=O)NC(=O)[C@@H]12. The van der Waals surface area contributed by atoms with E-state index in [1.165, 1.54) is 7.11 Å². The highest BCUT2D eigenvalue weighted by Gasteiger charge is 2.64. The maximum atomic E-state index is 11.8. The van der Waals surface area contributed by atoms with Gasteiger partial charge in [0, 0.05) is 5.41 Å². The van der Waals surface area contributed by atoms with Gasteiger partial charge in [0.05, 0.1) is 25.4 Å². The molecule has 0 aromatic carbocycles. The van der Waals surface area contributed by atoms with Gasteiger partial charge < -0.3 is 4.74 Å². The standard InChI is InChI=1S/C12H13NO4/c1-17-7(14)5-12-3-2-6(4-12)8-9(12)11(16)13-10(8)15/h2-3,6,8-9H,4-5H2,1H3,(H,13,15,16)/t6-,8-,9+,12+/m0/s1. The molecule has 5 heteroatoms. The van der Waals surface area contributed by atoms with Crippen LogP contribution in [0, 0.1) is 23.2 Å². The number of fused-ring (bicyclic) bond motifs is 5. The van der Waals surface area contributed by atoms with Gasteiger partial charge in [0.15, 0.2) is 0 Å². The molecular formula is C12H13NO4. The fourth-order valence-electron chi connectivity index (χ4n) is 3.61. The largest absolute Gasteiger partial charge is 0.469 e. The Labute approximate surface area is 98.2 Å². The molecule has 5 nitrogen and oxygen atoms in total. The van der Waals surface area contributed by atoms with Crippen molar-refractivity contribution in [3.05, 3.63) is 12.2 Å². The number of ether oxygens (including phenoxy) is 1. The molecule has 0 aromatic heterocycles. The number of allylic oxidation sites excluding steroid dienone is 2. The van der Waals surface area contributed by atoms with Crippen molar-refractivity contribution >= 4 is 17.8 Å². The maximum absolute atomic E-state index is 11.8. The summed E-state index contributed by atoms with van der Waals surface area (Å²) in [7, 11) is 1.33. The van der Waals surface area contributed by atoms with Crippen LogP contribution < -0.4 is 5.32 Å². The first kappa shape index (κ1) is 10.5. The van der Waals surface area contributed by atoms with Crippen LogP contribution in [-0.4, -0.2) is 24.9 Å². The molecule has 2 aliphatic carbocycles. The Bertz CT molecular complexity index is 455. The third-order valence-corrected chi connectivity index (χ3v) is 4.26. The molecule has 4 atom stereocenters. The summed E-state index contributed by atoms with van der Waals surface area (Å²) < 4.78 is 4.68. The fourth-order valence-corrected chi connectivity index (χ4v) is 3.61.